The van der Waals surface area contributed by atoms with Gasteiger partial charge in [-0.3, -0.25) is 4.79 Å². The normalized spacial score (nSPS) is 10.4. The van der Waals surface area contributed by atoms with Crippen molar-refractivity contribution in [2.75, 3.05) is 12.3 Å². The number of carbonyl (C=O) groups excluding carboxylic acids is 1. The first-order valence-electron chi connectivity index (χ1n) is 5.44. The van der Waals surface area contributed by atoms with Crippen LogP contribution in [0.3, 0.4) is 0 Å². The number of hydrogen-bond donors (Lipinski definition) is 1. The minimum absolute atomic E-state index is 0.0133. The molecule has 92 valence electrons. The molecule has 1 aromatic carbocycles. The molecule has 4 heteroatoms. The van der Waals surface area contributed by atoms with E-state index in [4.69, 9.17) is 5.73 Å². The molecule has 0 heterocycles. The fourth-order valence-corrected chi connectivity index (χ4v) is 1.87. The molecule has 3 nitrogen and oxygen atoms in total. The Morgan fingerprint density at radius 2 is 2.24 bits per heavy atom. The molecule has 0 spiro atoms. The second kappa shape index (κ2) is 5.87. The number of hydrogen-bond acceptors (Lipinski definition) is 2. The molecule has 0 atom stereocenters. The first-order chi connectivity index (χ1) is 7.97. The standard InChI is InChI=1S/C13H17BrN2O/c1-4-7-16(9(2)3)13(17)10-5-6-12(15)11(14)8-10/h4-6,8-9H,1,7,15H2,2-3H3. The monoisotopic (exact) mass is 296 g/mol. The lowest BCUT2D eigenvalue weighted by molar-refractivity contribution is 0.0728. The summed E-state index contributed by atoms with van der Waals surface area (Å²) in [7, 11) is 0. The Hall–Kier alpha value is -1.29. The van der Waals surface area contributed by atoms with E-state index in [-0.39, 0.29) is 11.9 Å². The molecular weight excluding hydrogens is 280 g/mol. The molecule has 1 aromatic rings. The van der Waals surface area contributed by atoms with Crippen LogP contribution < -0.4 is 5.73 Å². The van der Waals surface area contributed by atoms with Gasteiger partial charge in [0.15, 0.2) is 0 Å². The van der Waals surface area contributed by atoms with E-state index in [2.05, 4.69) is 22.5 Å². The highest BCUT2D eigenvalue weighted by molar-refractivity contribution is 9.10. The number of carbonyl (C=O) groups is 1. The fraction of sp³-hybridized carbons (Fsp3) is 0.308. The van der Waals surface area contributed by atoms with Crippen LogP contribution in [0.2, 0.25) is 0 Å². The highest BCUT2D eigenvalue weighted by Crippen LogP contribution is 2.21. The van der Waals surface area contributed by atoms with Crippen molar-refractivity contribution < 1.29 is 4.79 Å². The Kier molecular flexibility index (Phi) is 4.75. The first kappa shape index (κ1) is 13.8. The van der Waals surface area contributed by atoms with Crippen molar-refractivity contribution in [3.8, 4) is 0 Å². The molecule has 0 saturated carbocycles. The van der Waals surface area contributed by atoms with Crippen molar-refractivity contribution in [1.82, 2.24) is 4.90 Å². The summed E-state index contributed by atoms with van der Waals surface area (Å²) in [6, 6.07) is 5.35. The topological polar surface area (TPSA) is 46.3 Å². The van der Waals surface area contributed by atoms with Gasteiger partial charge in [0.25, 0.3) is 5.91 Å². The van der Waals surface area contributed by atoms with E-state index in [1.54, 1.807) is 29.2 Å². The predicted molar refractivity (Wildman–Crippen MR) is 74.9 cm³/mol. The summed E-state index contributed by atoms with van der Waals surface area (Å²) in [5.41, 5.74) is 6.95. The van der Waals surface area contributed by atoms with E-state index in [0.29, 0.717) is 17.8 Å². The number of anilines is 1. The van der Waals surface area contributed by atoms with Crippen LogP contribution in [0.5, 0.6) is 0 Å². The van der Waals surface area contributed by atoms with E-state index < -0.39 is 0 Å². The summed E-state index contributed by atoms with van der Waals surface area (Å²) < 4.78 is 0.741. The van der Waals surface area contributed by atoms with Crippen LogP contribution >= 0.6 is 15.9 Å². The van der Waals surface area contributed by atoms with Gasteiger partial charge in [0.1, 0.15) is 0 Å². The lowest BCUT2D eigenvalue weighted by Gasteiger charge is -2.25. The average molecular weight is 297 g/mol. The van der Waals surface area contributed by atoms with Gasteiger partial charge in [-0.05, 0) is 48.0 Å². The summed E-state index contributed by atoms with van der Waals surface area (Å²) in [6.07, 6.45) is 1.73. The predicted octanol–water partition coefficient (Wildman–Crippen LogP) is 3.07. The maximum absolute atomic E-state index is 12.3. The molecule has 0 unspecified atom stereocenters. The molecule has 1 rings (SSSR count). The van der Waals surface area contributed by atoms with Gasteiger partial charge in [-0.15, -0.1) is 6.58 Å². The Bertz CT molecular complexity index is 429. The highest BCUT2D eigenvalue weighted by Gasteiger charge is 2.17. The van der Waals surface area contributed by atoms with Gasteiger partial charge in [-0.2, -0.15) is 0 Å². The molecule has 0 fully saturated rings. The van der Waals surface area contributed by atoms with Crippen molar-refractivity contribution in [1.29, 1.82) is 0 Å². The second-order valence-electron chi connectivity index (χ2n) is 4.08. The van der Waals surface area contributed by atoms with Gasteiger partial charge < -0.3 is 10.6 Å². The summed E-state index contributed by atoms with van der Waals surface area (Å²) in [5, 5.41) is 0. The van der Waals surface area contributed by atoms with Gasteiger partial charge in [-0.1, -0.05) is 6.08 Å². The third-order valence-electron chi connectivity index (χ3n) is 2.46. The van der Waals surface area contributed by atoms with E-state index in [9.17, 15) is 4.79 Å². The van der Waals surface area contributed by atoms with E-state index in [1.807, 2.05) is 13.8 Å². The second-order valence-corrected chi connectivity index (χ2v) is 4.93. The lowest BCUT2D eigenvalue weighted by Crippen LogP contribution is -2.37. The van der Waals surface area contributed by atoms with Gasteiger partial charge in [0.05, 0.1) is 0 Å². The number of rotatable bonds is 4. The van der Waals surface area contributed by atoms with Crippen LogP contribution in [0.15, 0.2) is 35.3 Å². The number of nitrogen functional groups attached to an aromatic ring is 1. The SMILES string of the molecule is C=CCN(C(=O)c1ccc(N)c(Br)c1)C(C)C. The molecule has 0 radical (unpaired) electrons. The van der Waals surface area contributed by atoms with E-state index in [1.165, 1.54) is 0 Å². The van der Waals surface area contributed by atoms with Crippen molar-refractivity contribution in [3.63, 3.8) is 0 Å². The lowest BCUT2D eigenvalue weighted by atomic mass is 10.1. The highest BCUT2D eigenvalue weighted by atomic mass is 79.9. The number of amides is 1. The van der Waals surface area contributed by atoms with Gasteiger partial charge in [0.2, 0.25) is 0 Å². The maximum Gasteiger partial charge on any atom is 0.254 e. The van der Waals surface area contributed by atoms with E-state index in [0.717, 1.165) is 4.47 Å². The molecule has 0 aliphatic rings. The summed E-state index contributed by atoms with van der Waals surface area (Å²) in [4.78, 5) is 14.0. The molecule has 2 N–H and O–H groups in total. The smallest absolute Gasteiger partial charge is 0.254 e. The van der Waals surface area contributed by atoms with Crippen LogP contribution in [0.25, 0.3) is 0 Å². The molecule has 0 aliphatic heterocycles. The fourth-order valence-electron chi connectivity index (χ4n) is 1.49. The van der Waals surface area contributed by atoms with Crippen molar-refractivity contribution >= 4 is 27.5 Å². The molecule has 17 heavy (non-hydrogen) atoms. The molecule has 0 aromatic heterocycles. The van der Waals surface area contributed by atoms with Crippen molar-refractivity contribution in [2.24, 2.45) is 0 Å². The van der Waals surface area contributed by atoms with Crippen LogP contribution in [-0.4, -0.2) is 23.4 Å². The number of halogens is 1. The minimum atomic E-state index is -0.0133. The average Bonchev–Trinajstić information content (AvgIpc) is 2.28. The third-order valence-corrected chi connectivity index (χ3v) is 3.14. The quantitative estimate of drug-likeness (QED) is 0.686. The molecule has 1 amide bonds. The van der Waals surface area contributed by atoms with Crippen LogP contribution in [0.1, 0.15) is 24.2 Å². The number of benzene rings is 1. The Morgan fingerprint density at radius 1 is 1.59 bits per heavy atom. The largest absolute Gasteiger partial charge is 0.398 e. The zero-order valence-electron chi connectivity index (χ0n) is 10.1. The Morgan fingerprint density at radius 3 is 2.71 bits per heavy atom. The Balaban J connectivity index is 3.00. The molecular formula is C13H17BrN2O. The molecule has 0 saturated heterocycles. The number of nitrogens with zero attached hydrogens (tertiary/aromatic N) is 1. The summed E-state index contributed by atoms with van der Waals surface area (Å²) in [6.45, 7) is 8.17. The molecule has 0 aliphatic carbocycles. The zero-order valence-corrected chi connectivity index (χ0v) is 11.7. The number of nitrogens with two attached hydrogens (primary N) is 1. The molecule has 0 bridgehead atoms. The van der Waals surface area contributed by atoms with Crippen molar-refractivity contribution in [2.45, 2.75) is 19.9 Å². The minimum Gasteiger partial charge on any atom is -0.398 e. The van der Waals surface area contributed by atoms with Crippen molar-refractivity contribution in [3.05, 3.63) is 40.9 Å². The van der Waals surface area contributed by atoms with Crippen LogP contribution in [0, 0.1) is 0 Å². The first-order valence-corrected chi connectivity index (χ1v) is 6.23. The van der Waals surface area contributed by atoms with Crippen LogP contribution in [0.4, 0.5) is 5.69 Å². The van der Waals surface area contributed by atoms with Crippen LogP contribution in [-0.2, 0) is 0 Å². The van der Waals surface area contributed by atoms with Gasteiger partial charge in [-0.25, -0.2) is 0 Å². The summed E-state index contributed by atoms with van der Waals surface area (Å²) in [5.74, 6) is -0.0133. The third kappa shape index (κ3) is 3.33. The van der Waals surface area contributed by atoms with Gasteiger partial charge in [0, 0.05) is 28.3 Å². The summed E-state index contributed by atoms with van der Waals surface area (Å²) >= 11 is 3.32. The Labute approximate surface area is 110 Å². The zero-order chi connectivity index (χ0) is 13.0. The van der Waals surface area contributed by atoms with E-state index >= 15 is 0 Å². The van der Waals surface area contributed by atoms with Gasteiger partial charge >= 0.3 is 0 Å². The maximum atomic E-state index is 12.3.